The van der Waals surface area contributed by atoms with E-state index in [1.165, 1.54) is 38.5 Å². The van der Waals surface area contributed by atoms with Crippen LogP contribution in [0.3, 0.4) is 0 Å². The van der Waals surface area contributed by atoms with Crippen LogP contribution in [-0.2, 0) is 9.53 Å². The summed E-state index contributed by atoms with van der Waals surface area (Å²) in [6, 6.07) is 0. The number of allylic oxidation sites excluding steroid dienone is 2. The molecular weight excluding hydrogens is 212 g/mol. The Morgan fingerprint density at radius 1 is 0.824 bits per heavy atom. The fourth-order valence-electron chi connectivity index (χ4n) is 2.09. The molecule has 0 aromatic carbocycles. The zero-order valence-electron chi connectivity index (χ0n) is 11.0. The fraction of sp³-hybridized carbons (Fsp3) is 0.800. The average Bonchev–Trinajstić information content (AvgIpc) is 2.32. The van der Waals surface area contributed by atoms with E-state index in [2.05, 4.69) is 0 Å². The number of carbonyl (C=O) groups excluding carboxylic acids is 1. The van der Waals surface area contributed by atoms with Crippen molar-refractivity contribution in [2.45, 2.75) is 64.2 Å². The lowest BCUT2D eigenvalue weighted by molar-refractivity contribution is -0.114. The first-order chi connectivity index (χ1) is 8.39. The van der Waals surface area contributed by atoms with Gasteiger partial charge in [-0.05, 0) is 31.8 Å². The van der Waals surface area contributed by atoms with Gasteiger partial charge in [0.25, 0.3) is 0 Å². The summed E-state index contributed by atoms with van der Waals surface area (Å²) >= 11 is 0. The van der Waals surface area contributed by atoms with Gasteiger partial charge in [0, 0.05) is 19.6 Å². The molecule has 0 bridgehead atoms. The fourth-order valence-corrected chi connectivity index (χ4v) is 2.09. The molecule has 0 spiro atoms. The maximum absolute atomic E-state index is 11.5. The third-order valence-corrected chi connectivity index (χ3v) is 3.18. The van der Waals surface area contributed by atoms with Crippen molar-refractivity contribution in [2.24, 2.45) is 0 Å². The molecule has 1 rings (SSSR count). The zero-order chi connectivity index (χ0) is 12.2. The van der Waals surface area contributed by atoms with Crippen LogP contribution >= 0.6 is 0 Å². The Hall–Kier alpha value is -0.630. The van der Waals surface area contributed by atoms with Crippen LogP contribution in [0, 0.1) is 0 Å². The molecule has 1 aliphatic rings. The first-order valence-electron chi connectivity index (χ1n) is 7.17. The normalized spacial score (nSPS) is 24.4. The topological polar surface area (TPSA) is 26.3 Å². The standard InChI is InChI=1S/C15H26O2/c16-15-11-7-4-2-1-3-5-9-13-17-14-10-6-8-12-15/h8,12H,1-7,9-11,13-14H2/b12-8+. The lowest BCUT2D eigenvalue weighted by atomic mass is 10.1. The molecule has 0 fully saturated rings. The van der Waals surface area contributed by atoms with Crippen LogP contribution < -0.4 is 0 Å². The molecule has 0 aromatic heterocycles. The molecule has 0 aromatic rings. The smallest absolute Gasteiger partial charge is 0.155 e. The number of ketones is 1. The lowest BCUT2D eigenvalue weighted by Gasteiger charge is -2.04. The highest BCUT2D eigenvalue weighted by molar-refractivity contribution is 5.89. The van der Waals surface area contributed by atoms with E-state index < -0.39 is 0 Å². The van der Waals surface area contributed by atoms with Gasteiger partial charge in [-0.25, -0.2) is 0 Å². The molecular formula is C15H26O2. The highest BCUT2D eigenvalue weighted by Crippen LogP contribution is 2.09. The summed E-state index contributed by atoms with van der Waals surface area (Å²) in [6.45, 7) is 1.74. The first-order valence-corrected chi connectivity index (χ1v) is 7.17. The number of carbonyl (C=O) groups is 1. The lowest BCUT2D eigenvalue weighted by Crippen LogP contribution is -1.97. The Morgan fingerprint density at radius 2 is 1.47 bits per heavy atom. The Morgan fingerprint density at radius 3 is 2.29 bits per heavy atom. The van der Waals surface area contributed by atoms with Crippen LogP contribution in [0.5, 0.6) is 0 Å². The van der Waals surface area contributed by atoms with Crippen LogP contribution in [0.15, 0.2) is 12.2 Å². The van der Waals surface area contributed by atoms with Crippen LogP contribution in [-0.4, -0.2) is 19.0 Å². The SMILES string of the molecule is O=C1/C=C/CCCOCCCCCCCCC1. The summed E-state index contributed by atoms with van der Waals surface area (Å²) in [5, 5.41) is 0. The molecule has 0 saturated carbocycles. The maximum atomic E-state index is 11.5. The Balaban J connectivity index is 2.20. The molecule has 0 N–H and O–H groups in total. The van der Waals surface area contributed by atoms with Crippen molar-refractivity contribution in [1.82, 2.24) is 0 Å². The summed E-state index contributed by atoms with van der Waals surface area (Å²) in [5.74, 6) is 0.290. The van der Waals surface area contributed by atoms with E-state index in [9.17, 15) is 4.79 Å². The van der Waals surface area contributed by atoms with Gasteiger partial charge in [-0.2, -0.15) is 0 Å². The molecule has 1 aliphatic heterocycles. The molecule has 98 valence electrons. The predicted molar refractivity (Wildman–Crippen MR) is 71.1 cm³/mol. The minimum absolute atomic E-state index is 0.290. The summed E-state index contributed by atoms with van der Waals surface area (Å²) in [6.07, 6.45) is 15.1. The molecule has 1 heterocycles. The third kappa shape index (κ3) is 9.11. The first kappa shape index (κ1) is 14.4. The van der Waals surface area contributed by atoms with Gasteiger partial charge in [0.2, 0.25) is 0 Å². The number of hydrogen-bond donors (Lipinski definition) is 0. The molecule has 0 unspecified atom stereocenters. The molecule has 2 heteroatoms. The summed E-state index contributed by atoms with van der Waals surface area (Å²) < 4.78 is 5.54. The molecule has 0 radical (unpaired) electrons. The van der Waals surface area contributed by atoms with Crippen molar-refractivity contribution in [1.29, 1.82) is 0 Å². The average molecular weight is 238 g/mol. The second-order valence-electron chi connectivity index (χ2n) is 4.85. The third-order valence-electron chi connectivity index (χ3n) is 3.18. The molecule has 0 atom stereocenters. The van der Waals surface area contributed by atoms with Crippen LogP contribution in [0.4, 0.5) is 0 Å². The Kier molecular flexibility index (Phi) is 8.93. The monoisotopic (exact) mass is 238 g/mol. The van der Waals surface area contributed by atoms with Gasteiger partial charge in [-0.1, -0.05) is 38.2 Å². The van der Waals surface area contributed by atoms with Gasteiger partial charge in [-0.3, -0.25) is 4.79 Å². The number of ether oxygens (including phenoxy) is 1. The van der Waals surface area contributed by atoms with E-state index in [-0.39, 0.29) is 5.78 Å². The highest BCUT2D eigenvalue weighted by atomic mass is 16.5. The van der Waals surface area contributed by atoms with Crippen LogP contribution in [0.1, 0.15) is 64.2 Å². The molecule has 17 heavy (non-hydrogen) atoms. The highest BCUT2D eigenvalue weighted by Gasteiger charge is 1.98. The summed E-state index contributed by atoms with van der Waals surface area (Å²) in [5.41, 5.74) is 0. The molecule has 0 aliphatic carbocycles. The van der Waals surface area contributed by atoms with E-state index >= 15 is 0 Å². The number of hydrogen-bond acceptors (Lipinski definition) is 2. The van der Waals surface area contributed by atoms with E-state index in [0.29, 0.717) is 0 Å². The Bertz CT molecular complexity index is 221. The second kappa shape index (κ2) is 10.5. The minimum atomic E-state index is 0.290. The number of rotatable bonds is 0. The van der Waals surface area contributed by atoms with Gasteiger partial charge < -0.3 is 4.74 Å². The summed E-state index contributed by atoms with van der Waals surface area (Å²) in [7, 11) is 0. The van der Waals surface area contributed by atoms with E-state index in [1.54, 1.807) is 6.08 Å². The molecule has 0 saturated heterocycles. The quantitative estimate of drug-likeness (QED) is 0.636. The van der Waals surface area contributed by atoms with Crippen molar-refractivity contribution in [3.63, 3.8) is 0 Å². The molecule has 0 amide bonds. The largest absolute Gasteiger partial charge is 0.381 e. The van der Waals surface area contributed by atoms with Gasteiger partial charge >= 0.3 is 0 Å². The van der Waals surface area contributed by atoms with Gasteiger partial charge in [0.1, 0.15) is 0 Å². The van der Waals surface area contributed by atoms with Crippen molar-refractivity contribution in [3.8, 4) is 0 Å². The van der Waals surface area contributed by atoms with Crippen LogP contribution in [0.2, 0.25) is 0 Å². The molecule has 2 nitrogen and oxygen atoms in total. The van der Waals surface area contributed by atoms with E-state index in [1.807, 2.05) is 6.08 Å². The van der Waals surface area contributed by atoms with Gasteiger partial charge in [0.15, 0.2) is 5.78 Å². The van der Waals surface area contributed by atoms with Gasteiger partial charge in [0.05, 0.1) is 0 Å². The van der Waals surface area contributed by atoms with E-state index in [4.69, 9.17) is 4.74 Å². The van der Waals surface area contributed by atoms with Crippen molar-refractivity contribution in [3.05, 3.63) is 12.2 Å². The Labute approximate surface area is 105 Å². The maximum Gasteiger partial charge on any atom is 0.155 e. The zero-order valence-corrected chi connectivity index (χ0v) is 11.0. The van der Waals surface area contributed by atoms with E-state index in [0.717, 1.165) is 38.9 Å². The predicted octanol–water partition coefficient (Wildman–Crippen LogP) is 4.04. The minimum Gasteiger partial charge on any atom is -0.381 e. The van der Waals surface area contributed by atoms with Crippen molar-refractivity contribution >= 4 is 5.78 Å². The van der Waals surface area contributed by atoms with Crippen molar-refractivity contribution in [2.75, 3.05) is 13.2 Å². The van der Waals surface area contributed by atoms with Crippen molar-refractivity contribution < 1.29 is 9.53 Å². The van der Waals surface area contributed by atoms with Gasteiger partial charge in [-0.15, -0.1) is 0 Å². The second-order valence-corrected chi connectivity index (χ2v) is 4.85. The van der Waals surface area contributed by atoms with Crippen LogP contribution in [0.25, 0.3) is 0 Å². The summed E-state index contributed by atoms with van der Waals surface area (Å²) in [4.78, 5) is 11.5.